The number of aryl methyl sites for hydroxylation is 1. The first-order chi connectivity index (χ1) is 11.3. The Labute approximate surface area is 147 Å². The van der Waals surface area contributed by atoms with Crippen molar-refractivity contribution in [2.45, 2.75) is 37.3 Å². The summed E-state index contributed by atoms with van der Waals surface area (Å²) in [7, 11) is -3.65. The van der Waals surface area contributed by atoms with Crippen LogP contribution in [0.25, 0.3) is 0 Å². The fourth-order valence-corrected chi connectivity index (χ4v) is 4.40. The summed E-state index contributed by atoms with van der Waals surface area (Å²) in [5.74, 6) is 0.0171. The second kappa shape index (κ2) is 7.92. The normalized spacial score (nSPS) is 11.7. The van der Waals surface area contributed by atoms with Crippen LogP contribution < -0.4 is 10.0 Å². The molecule has 130 valence electrons. The number of hydrogen-bond acceptors (Lipinski definition) is 4. The van der Waals surface area contributed by atoms with Crippen LogP contribution in [0.1, 0.15) is 37.1 Å². The summed E-state index contributed by atoms with van der Waals surface area (Å²) in [5, 5.41) is 2.69. The molecule has 0 saturated carbocycles. The number of carbonyl (C=O) groups is 1. The molecular formula is C17H22N2O3S2. The highest BCUT2D eigenvalue weighted by molar-refractivity contribution is 7.91. The van der Waals surface area contributed by atoms with Crippen LogP contribution in [0.2, 0.25) is 0 Å². The maximum Gasteiger partial charge on any atom is 0.250 e. The number of carbonyl (C=O) groups excluding carboxylic acids is 1. The van der Waals surface area contributed by atoms with Gasteiger partial charge in [0.2, 0.25) is 5.91 Å². The van der Waals surface area contributed by atoms with Crippen molar-refractivity contribution in [1.82, 2.24) is 4.72 Å². The lowest BCUT2D eigenvalue weighted by Crippen LogP contribution is -2.32. The topological polar surface area (TPSA) is 75.3 Å². The molecule has 0 aliphatic carbocycles. The summed E-state index contributed by atoms with van der Waals surface area (Å²) in [6.07, 6.45) is 0.785. The third kappa shape index (κ3) is 4.90. The third-order valence-corrected chi connectivity index (χ3v) is 6.66. The third-order valence-electron chi connectivity index (χ3n) is 3.53. The average molecular weight is 367 g/mol. The van der Waals surface area contributed by atoms with Crippen LogP contribution >= 0.6 is 11.3 Å². The number of amides is 1. The van der Waals surface area contributed by atoms with E-state index in [0.717, 1.165) is 11.3 Å². The minimum atomic E-state index is -3.65. The van der Waals surface area contributed by atoms with E-state index in [4.69, 9.17) is 0 Å². The molecule has 0 unspecified atom stereocenters. The first-order valence-electron chi connectivity index (χ1n) is 7.80. The Balaban J connectivity index is 1.92. The van der Waals surface area contributed by atoms with E-state index in [1.807, 2.05) is 31.2 Å². The van der Waals surface area contributed by atoms with E-state index in [9.17, 15) is 13.2 Å². The molecule has 0 bridgehead atoms. The van der Waals surface area contributed by atoms with Gasteiger partial charge in [-0.2, -0.15) is 0 Å². The van der Waals surface area contributed by atoms with E-state index in [-0.39, 0.29) is 10.8 Å². The molecule has 7 heteroatoms. The maximum absolute atomic E-state index is 12.2. The number of nitrogens with one attached hydrogen (secondary N) is 2. The number of rotatable bonds is 7. The lowest BCUT2D eigenvalue weighted by Gasteiger charge is -2.09. The fraction of sp³-hybridized carbons (Fsp3) is 0.353. The lowest BCUT2D eigenvalue weighted by atomic mass is 10.0. The minimum Gasteiger partial charge on any atom is -0.325 e. The average Bonchev–Trinajstić information content (AvgIpc) is 3.03. The Hall–Kier alpha value is -1.70. The summed E-state index contributed by atoms with van der Waals surface area (Å²) in [4.78, 5) is 12.9. The molecule has 1 amide bonds. The number of benzene rings is 1. The van der Waals surface area contributed by atoms with Crippen LogP contribution in [0.15, 0.2) is 40.6 Å². The van der Waals surface area contributed by atoms with Gasteiger partial charge in [-0.3, -0.25) is 4.79 Å². The Morgan fingerprint density at radius 3 is 2.33 bits per heavy atom. The van der Waals surface area contributed by atoms with E-state index in [1.165, 1.54) is 16.9 Å². The Kier molecular flexibility index (Phi) is 6.15. The SMILES string of the molecule is CCc1ccc(S(=O)(=O)NCC(=O)Nc2ccc(C(C)C)cc2)s1. The maximum atomic E-state index is 12.2. The molecule has 5 nitrogen and oxygen atoms in total. The van der Waals surface area contributed by atoms with Crippen LogP contribution in [0.3, 0.4) is 0 Å². The molecule has 0 saturated heterocycles. The van der Waals surface area contributed by atoms with Gasteiger partial charge in [-0.15, -0.1) is 11.3 Å². The number of anilines is 1. The van der Waals surface area contributed by atoms with Crippen molar-refractivity contribution in [3.05, 3.63) is 46.8 Å². The highest BCUT2D eigenvalue weighted by atomic mass is 32.2. The molecule has 1 aromatic carbocycles. The van der Waals surface area contributed by atoms with Crippen molar-refractivity contribution < 1.29 is 13.2 Å². The van der Waals surface area contributed by atoms with Crippen LogP contribution in [0.4, 0.5) is 5.69 Å². The molecule has 0 aliphatic heterocycles. The Morgan fingerprint density at radius 1 is 1.12 bits per heavy atom. The predicted octanol–water partition coefficient (Wildman–Crippen LogP) is 3.35. The molecule has 0 aliphatic rings. The molecule has 24 heavy (non-hydrogen) atoms. The zero-order valence-corrected chi connectivity index (χ0v) is 15.6. The summed E-state index contributed by atoms with van der Waals surface area (Å²) >= 11 is 1.22. The van der Waals surface area contributed by atoms with Gasteiger partial charge in [-0.25, -0.2) is 13.1 Å². The van der Waals surface area contributed by atoms with Crippen molar-refractivity contribution >= 4 is 33.0 Å². The van der Waals surface area contributed by atoms with Crippen LogP contribution in [0.5, 0.6) is 0 Å². The van der Waals surface area contributed by atoms with Gasteiger partial charge in [-0.05, 0) is 42.2 Å². The predicted molar refractivity (Wildman–Crippen MR) is 98.0 cm³/mol. The molecule has 1 heterocycles. The molecule has 1 aromatic heterocycles. The highest BCUT2D eigenvalue weighted by Crippen LogP contribution is 2.21. The summed E-state index contributed by atoms with van der Waals surface area (Å²) in [6, 6.07) is 10.9. The van der Waals surface area contributed by atoms with Gasteiger partial charge in [0.15, 0.2) is 0 Å². The number of thiophene rings is 1. The van der Waals surface area contributed by atoms with Crippen molar-refractivity contribution in [3.63, 3.8) is 0 Å². The Morgan fingerprint density at radius 2 is 1.79 bits per heavy atom. The monoisotopic (exact) mass is 366 g/mol. The molecule has 0 spiro atoms. The van der Waals surface area contributed by atoms with Gasteiger partial charge in [0.25, 0.3) is 10.0 Å². The van der Waals surface area contributed by atoms with E-state index in [1.54, 1.807) is 12.1 Å². The van der Waals surface area contributed by atoms with E-state index < -0.39 is 15.9 Å². The first kappa shape index (κ1) is 18.6. The molecule has 0 radical (unpaired) electrons. The molecule has 2 N–H and O–H groups in total. The summed E-state index contributed by atoms with van der Waals surface area (Å²) in [5.41, 5.74) is 1.83. The molecule has 2 aromatic rings. The van der Waals surface area contributed by atoms with E-state index >= 15 is 0 Å². The van der Waals surface area contributed by atoms with Gasteiger partial charge in [0.05, 0.1) is 6.54 Å². The van der Waals surface area contributed by atoms with Gasteiger partial charge in [0, 0.05) is 10.6 Å². The molecule has 2 rings (SSSR count). The van der Waals surface area contributed by atoms with Crippen molar-refractivity contribution in [1.29, 1.82) is 0 Å². The summed E-state index contributed by atoms with van der Waals surface area (Å²) < 4.78 is 26.9. The van der Waals surface area contributed by atoms with E-state index in [2.05, 4.69) is 23.9 Å². The smallest absolute Gasteiger partial charge is 0.250 e. The second-order valence-corrected chi connectivity index (χ2v) is 8.89. The zero-order chi connectivity index (χ0) is 17.7. The van der Waals surface area contributed by atoms with Crippen LogP contribution in [-0.2, 0) is 21.2 Å². The molecule has 0 atom stereocenters. The van der Waals surface area contributed by atoms with Crippen molar-refractivity contribution in [3.8, 4) is 0 Å². The number of hydrogen-bond donors (Lipinski definition) is 2. The van der Waals surface area contributed by atoms with Gasteiger partial charge >= 0.3 is 0 Å². The second-order valence-electron chi connectivity index (χ2n) is 5.72. The fourth-order valence-electron chi connectivity index (χ4n) is 2.08. The summed E-state index contributed by atoms with van der Waals surface area (Å²) in [6.45, 7) is 5.86. The van der Waals surface area contributed by atoms with Gasteiger partial charge in [-0.1, -0.05) is 32.9 Å². The van der Waals surface area contributed by atoms with Gasteiger partial charge < -0.3 is 5.32 Å². The van der Waals surface area contributed by atoms with E-state index in [0.29, 0.717) is 11.6 Å². The zero-order valence-electron chi connectivity index (χ0n) is 14.0. The van der Waals surface area contributed by atoms with Gasteiger partial charge in [0.1, 0.15) is 4.21 Å². The lowest BCUT2D eigenvalue weighted by molar-refractivity contribution is -0.115. The molecular weight excluding hydrogens is 344 g/mol. The van der Waals surface area contributed by atoms with Crippen LogP contribution in [-0.4, -0.2) is 20.9 Å². The molecule has 0 fully saturated rings. The minimum absolute atomic E-state index is 0.230. The largest absolute Gasteiger partial charge is 0.325 e. The highest BCUT2D eigenvalue weighted by Gasteiger charge is 2.17. The number of sulfonamides is 1. The first-order valence-corrected chi connectivity index (χ1v) is 10.1. The van der Waals surface area contributed by atoms with Crippen LogP contribution in [0, 0.1) is 0 Å². The van der Waals surface area contributed by atoms with Crippen molar-refractivity contribution in [2.75, 3.05) is 11.9 Å². The Bertz CT molecular complexity index is 793. The standard InChI is InChI=1S/C17H22N2O3S2/c1-4-15-9-10-17(23-15)24(21,22)18-11-16(20)19-14-7-5-13(6-8-14)12(2)3/h5-10,12,18H,4,11H2,1-3H3,(H,19,20). The van der Waals surface area contributed by atoms with Crippen molar-refractivity contribution in [2.24, 2.45) is 0 Å². The quantitative estimate of drug-likeness (QED) is 0.789.